The van der Waals surface area contributed by atoms with Crippen molar-refractivity contribution in [2.75, 3.05) is 0 Å². The molecule has 1 aromatic heterocycles. The highest BCUT2D eigenvalue weighted by Crippen LogP contribution is 2.11. The number of amides is 1. The maximum absolute atomic E-state index is 11.6. The number of carbonyl (C=O) groups excluding carboxylic acids is 1. The van der Waals surface area contributed by atoms with Crippen LogP contribution in [0, 0.1) is 6.92 Å². The molecular formula is C6H6F2N2OS. The summed E-state index contributed by atoms with van der Waals surface area (Å²) in [5.41, 5.74) is 0. The lowest BCUT2D eigenvalue weighted by molar-refractivity contribution is 0.0703. The second-order valence-corrected chi connectivity index (χ2v) is 3.25. The first kappa shape index (κ1) is 9.05. The molecule has 3 nitrogen and oxygen atoms in total. The number of aromatic nitrogens is 1. The number of hydrogen-bond donors (Lipinski definition) is 1. The van der Waals surface area contributed by atoms with Gasteiger partial charge < -0.3 is 0 Å². The van der Waals surface area contributed by atoms with Crippen molar-refractivity contribution in [1.82, 2.24) is 10.3 Å². The van der Waals surface area contributed by atoms with Crippen molar-refractivity contribution in [3.05, 3.63) is 16.1 Å². The van der Waals surface area contributed by atoms with Crippen LogP contribution in [-0.2, 0) is 0 Å². The Bertz CT molecular complexity index is 287. The van der Waals surface area contributed by atoms with Gasteiger partial charge in [-0.25, -0.2) is 4.98 Å². The molecule has 0 saturated carbocycles. The maximum atomic E-state index is 11.6. The van der Waals surface area contributed by atoms with Crippen molar-refractivity contribution < 1.29 is 13.6 Å². The van der Waals surface area contributed by atoms with Gasteiger partial charge in [-0.15, -0.1) is 11.3 Å². The number of halogens is 2. The third-order valence-corrected chi connectivity index (χ3v) is 2.00. The molecule has 12 heavy (non-hydrogen) atoms. The zero-order chi connectivity index (χ0) is 9.14. The molecule has 66 valence electrons. The topological polar surface area (TPSA) is 42.0 Å². The van der Waals surface area contributed by atoms with E-state index < -0.39 is 12.5 Å². The average molecular weight is 192 g/mol. The molecule has 0 atom stereocenters. The highest BCUT2D eigenvalue weighted by molar-refractivity contribution is 7.13. The highest BCUT2D eigenvalue weighted by Gasteiger charge is 2.12. The number of thiazole rings is 1. The number of nitrogens with one attached hydrogen (secondary N) is 1. The predicted octanol–water partition coefficient (Wildman–Crippen LogP) is 1.40. The van der Waals surface area contributed by atoms with Gasteiger partial charge >= 0.3 is 6.55 Å². The van der Waals surface area contributed by atoms with Crippen molar-refractivity contribution in [3.8, 4) is 0 Å². The van der Waals surface area contributed by atoms with Crippen molar-refractivity contribution in [2.24, 2.45) is 0 Å². The first-order valence-electron chi connectivity index (χ1n) is 3.11. The highest BCUT2D eigenvalue weighted by atomic mass is 32.1. The van der Waals surface area contributed by atoms with E-state index in [-0.39, 0.29) is 4.88 Å². The predicted molar refractivity (Wildman–Crippen MR) is 40.3 cm³/mol. The van der Waals surface area contributed by atoms with Gasteiger partial charge in [-0.2, -0.15) is 8.78 Å². The quantitative estimate of drug-likeness (QED) is 0.720. The van der Waals surface area contributed by atoms with Gasteiger partial charge in [0.05, 0.1) is 11.2 Å². The molecule has 1 aromatic rings. The molecule has 1 rings (SSSR count). The minimum Gasteiger partial charge on any atom is -0.295 e. The van der Waals surface area contributed by atoms with Gasteiger partial charge in [0.15, 0.2) is 0 Å². The summed E-state index contributed by atoms with van der Waals surface area (Å²) in [6.45, 7) is -1.12. The zero-order valence-electron chi connectivity index (χ0n) is 6.17. The van der Waals surface area contributed by atoms with Gasteiger partial charge in [-0.05, 0) is 6.92 Å². The largest absolute Gasteiger partial charge is 0.315 e. The second-order valence-electron chi connectivity index (χ2n) is 2.02. The van der Waals surface area contributed by atoms with E-state index in [0.29, 0.717) is 5.01 Å². The van der Waals surface area contributed by atoms with E-state index in [1.807, 2.05) is 0 Å². The molecule has 0 unspecified atom stereocenters. The Morgan fingerprint density at radius 3 is 2.83 bits per heavy atom. The van der Waals surface area contributed by atoms with E-state index >= 15 is 0 Å². The van der Waals surface area contributed by atoms with E-state index in [1.54, 1.807) is 6.92 Å². The standard InChI is InChI=1S/C6H6F2N2OS/c1-3-9-2-4(12-3)5(11)10-6(7)8/h2,6H,1H3,(H,10,11). The van der Waals surface area contributed by atoms with Crippen molar-refractivity contribution in [1.29, 1.82) is 0 Å². The molecule has 0 saturated heterocycles. The summed E-state index contributed by atoms with van der Waals surface area (Å²) < 4.78 is 23.3. The van der Waals surface area contributed by atoms with E-state index in [1.165, 1.54) is 11.5 Å². The van der Waals surface area contributed by atoms with Crippen molar-refractivity contribution in [2.45, 2.75) is 13.5 Å². The van der Waals surface area contributed by atoms with Crippen LogP contribution in [0.15, 0.2) is 6.20 Å². The molecule has 1 amide bonds. The molecule has 0 aliphatic rings. The van der Waals surface area contributed by atoms with Gasteiger partial charge in [-0.3, -0.25) is 10.1 Å². The van der Waals surface area contributed by atoms with E-state index in [9.17, 15) is 13.6 Å². The molecule has 0 aliphatic carbocycles. The van der Waals surface area contributed by atoms with Gasteiger partial charge in [0, 0.05) is 0 Å². The van der Waals surface area contributed by atoms with Crippen LogP contribution in [-0.4, -0.2) is 17.4 Å². The summed E-state index contributed by atoms with van der Waals surface area (Å²) in [6.07, 6.45) is 1.28. The third-order valence-electron chi connectivity index (χ3n) is 1.09. The summed E-state index contributed by atoms with van der Waals surface area (Å²) in [5, 5.41) is 2.15. The molecule has 0 bridgehead atoms. The Morgan fingerprint density at radius 2 is 2.42 bits per heavy atom. The second kappa shape index (κ2) is 3.57. The van der Waals surface area contributed by atoms with Crippen LogP contribution in [0.1, 0.15) is 14.7 Å². The lowest BCUT2D eigenvalue weighted by Crippen LogP contribution is -2.27. The fourth-order valence-corrected chi connectivity index (χ4v) is 1.32. The molecule has 1 heterocycles. The molecule has 0 radical (unpaired) electrons. The lowest BCUT2D eigenvalue weighted by atomic mass is 10.5. The zero-order valence-corrected chi connectivity index (χ0v) is 6.99. The smallest absolute Gasteiger partial charge is 0.295 e. The van der Waals surface area contributed by atoms with Gasteiger partial charge in [-0.1, -0.05) is 0 Å². The van der Waals surface area contributed by atoms with Crippen molar-refractivity contribution in [3.63, 3.8) is 0 Å². The number of alkyl halides is 2. The molecular weight excluding hydrogens is 186 g/mol. The number of nitrogens with zero attached hydrogens (tertiary/aromatic N) is 1. The maximum Gasteiger partial charge on any atom is 0.315 e. The summed E-state index contributed by atoms with van der Waals surface area (Å²) in [5.74, 6) is -0.782. The lowest BCUT2D eigenvalue weighted by Gasteiger charge is -1.98. The van der Waals surface area contributed by atoms with E-state index in [0.717, 1.165) is 11.3 Å². The first-order valence-corrected chi connectivity index (χ1v) is 3.92. The Morgan fingerprint density at radius 1 is 1.75 bits per heavy atom. The molecule has 0 spiro atoms. The SMILES string of the molecule is Cc1ncc(C(=O)NC(F)F)s1. The fraction of sp³-hybridized carbons (Fsp3) is 0.333. The van der Waals surface area contributed by atoms with Crippen LogP contribution in [0.25, 0.3) is 0 Å². The Labute approximate surface area is 71.4 Å². The molecule has 0 fully saturated rings. The van der Waals surface area contributed by atoms with E-state index in [4.69, 9.17) is 0 Å². The first-order chi connectivity index (χ1) is 5.59. The van der Waals surface area contributed by atoms with Crippen molar-refractivity contribution >= 4 is 17.2 Å². The minimum absolute atomic E-state index is 0.202. The van der Waals surface area contributed by atoms with Crippen LogP contribution in [0.5, 0.6) is 0 Å². The molecule has 1 N–H and O–H groups in total. The summed E-state index contributed by atoms with van der Waals surface area (Å²) in [7, 11) is 0. The normalized spacial score (nSPS) is 10.3. The molecule has 0 aliphatic heterocycles. The summed E-state index contributed by atoms with van der Waals surface area (Å²) in [4.78, 5) is 14.8. The Hall–Kier alpha value is -1.04. The number of rotatable bonds is 2. The average Bonchev–Trinajstić information content (AvgIpc) is 2.34. The Kier molecular flexibility index (Phi) is 2.69. The third kappa shape index (κ3) is 2.23. The van der Waals surface area contributed by atoms with Gasteiger partial charge in [0.25, 0.3) is 5.91 Å². The Balaban J connectivity index is 2.65. The molecule has 0 aromatic carbocycles. The van der Waals surface area contributed by atoms with E-state index in [2.05, 4.69) is 4.98 Å². The summed E-state index contributed by atoms with van der Waals surface area (Å²) in [6, 6.07) is 0. The number of hydrogen-bond acceptors (Lipinski definition) is 3. The van der Waals surface area contributed by atoms with Gasteiger partial charge in [0.2, 0.25) is 0 Å². The summed E-state index contributed by atoms with van der Waals surface area (Å²) >= 11 is 1.08. The van der Waals surface area contributed by atoms with Crippen LogP contribution in [0.3, 0.4) is 0 Å². The number of aryl methyl sites for hydroxylation is 1. The molecule has 6 heteroatoms. The van der Waals surface area contributed by atoms with Crippen LogP contribution >= 0.6 is 11.3 Å². The van der Waals surface area contributed by atoms with Crippen LogP contribution in [0.4, 0.5) is 8.78 Å². The minimum atomic E-state index is -2.82. The van der Waals surface area contributed by atoms with Crippen LogP contribution in [0.2, 0.25) is 0 Å². The fourth-order valence-electron chi connectivity index (χ4n) is 0.637. The van der Waals surface area contributed by atoms with Gasteiger partial charge in [0.1, 0.15) is 4.88 Å². The number of carbonyl (C=O) groups is 1. The van der Waals surface area contributed by atoms with Crippen LogP contribution < -0.4 is 5.32 Å². The monoisotopic (exact) mass is 192 g/mol.